The van der Waals surface area contributed by atoms with Gasteiger partial charge >= 0.3 is 5.97 Å². The second-order valence-corrected chi connectivity index (χ2v) is 7.25. The predicted molar refractivity (Wildman–Crippen MR) is 82.6 cm³/mol. The first kappa shape index (κ1) is 17.7. The average Bonchev–Trinajstić information content (AvgIpc) is 2.39. The van der Waals surface area contributed by atoms with E-state index in [0.29, 0.717) is 12.0 Å². The van der Waals surface area contributed by atoms with Gasteiger partial charge in [-0.2, -0.15) is 0 Å². The standard InChI is InChI=1S/C15H23NO4S/c1-5-10(2)14(15(17)18)16-21(19,20)9-13-7-6-11(3)12(4)8-13/h6-8,10,14,16H,5,9H2,1-4H3,(H,17,18)/t10-,14-/m0/s1. The van der Waals surface area contributed by atoms with Gasteiger partial charge in [-0.25, -0.2) is 13.1 Å². The van der Waals surface area contributed by atoms with Crippen molar-refractivity contribution in [1.82, 2.24) is 4.72 Å². The number of hydrogen-bond donors (Lipinski definition) is 2. The third kappa shape index (κ3) is 5.13. The van der Waals surface area contributed by atoms with Gasteiger partial charge < -0.3 is 5.11 Å². The number of aliphatic carboxylic acids is 1. The van der Waals surface area contributed by atoms with E-state index in [4.69, 9.17) is 5.11 Å². The highest BCUT2D eigenvalue weighted by Crippen LogP contribution is 2.14. The molecule has 118 valence electrons. The molecule has 5 nitrogen and oxygen atoms in total. The van der Waals surface area contributed by atoms with Crippen molar-refractivity contribution < 1.29 is 18.3 Å². The average molecular weight is 313 g/mol. The van der Waals surface area contributed by atoms with Gasteiger partial charge in [0.15, 0.2) is 0 Å². The summed E-state index contributed by atoms with van der Waals surface area (Å²) in [6, 6.07) is 4.34. The molecule has 0 fully saturated rings. The zero-order chi connectivity index (χ0) is 16.2. The number of carboxylic acids is 1. The molecule has 2 N–H and O–H groups in total. The van der Waals surface area contributed by atoms with Crippen molar-refractivity contribution in [3.63, 3.8) is 0 Å². The van der Waals surface area contributed by atoms with E-state index in [0.717, 1.165) is 11.1 Å². The minimum Gasteiger partial charge on any atom is -0.480 e. The molecule has 0 saturated heterocycles. The van der Waals surface area contributed by atoms with Crippen LogP contribution in [0.4, 0.5) is 0 Å². The van der Waals surface area contributed by atoms with Gasteiger partial charge in [0.25, 0.3) is 0 Å². The van der Waals surface area contributed by atoms with Crippen LogP contribution in [0.3, 0.4) is 0 Å². The fourth-order valence-corrected chi connectivity index (χ4v) is 3.42. The van der Waals surface area contributed by atoms with Gasteiger partial charge in [0.1, 0.15) is 6.04 Å². The van der Waals surface area contributed by atoms with E-state index in [9.17, 15) is 13.2 Å². The summed E-state index contributed by atoms with van der Waals surface area (Å²) in [5.41, 5.74) is 2.76. The van der Waals surface area contributed by atoms with Crippen molar-refractivity contribution in [2.45, 2.75) is 45.9 Å². The van der Waals surface area contributed by atoms with Gasteiger partial charge in [-0.1, -0.05) is 38.5 Å². The first-order valence-electron chi connectivity index (χ1n) is 6.95. The van der Waals surface area contributed by atoms with Crippen LogP contribution in [-0.2, 0) is 20.6 Å². The van der Waals surface area contributed by atoms with Crippen molar-refractivity contribution in [3.05, 3.63) is 34.9 Å². The molecule has 0 aliphatic rings. The lowest BCUT2D eigenvalue weighted by Crippen LogP contribution is -2.45. The quantitative estimate of drug-likeness (QED) is 0.808. The molecule has 1 aromatic rings. The zero-order valence-corrected chi connectivity index (χ0v) is 13.7. The zero-order valence-electron chi connectivity index (χ0n) is 12.9. The molecule has 0 bridgehead atoms. The molecule has 0 aliphatic heterocycles. The molecule has 21 heavy (non-hydrogen) atoms. The lowest BCUT2D eigenvalue weighted by molar-refractivity contribution is -0.140. The number of sulfonamides is 1. The molecule has 0 radical (unpaired) electrons. The topological polar surface area (TPSA) is 83.5 Å². The molecule has 1 rings (SSSR count). The Hall–Kier alpha value is -1.40. The fraction of sp³-hybridized carbons (Fsp3) is 0.533. The molecule has 6 heteroatoms. The highest BCUT2D eigenvalue weighted by Gasteiger charge is 2.28. The van der Waals surface area contributed by atoms with Crippen molar-refractivity contribution in [2.24, 2.45) is 5.92 Å². The summed E-state index contributed by atoms with van der Waals surface area (Å²) in [4.78, 5) is 11.2. The molecule has 0 saturated carbocycles. The van der Waals surface area contributed by atoms with E-state index in [1.54, 1.807) is 13.0 Å². The van der Waals surface area contributed by atoms with Crippen molar-refractivity contribution >= 4 is 16.0 Å². The summed E-state index contributed by atoms with van der Waals surface area (Å²) < 4.78 is 26.6. The molecule has 0 spiro atoms. The van der Waals surface area contributed by atoms with E-state index in [2.05, 4.69) is 4.72 Å². The number of rotatable bonds is 7. The van der Waals surface area contributed by atoms with Crippen molar-refractivity contribution in [2.75, 3.05) is 0 Å². The summed E-state index contributed by atoms with van der Waals surface area (Å²) in [5.74, 6) is -1.63. The van der Waals surface area contributed by atoms with E-state index >= 15 is 0 Å². The van der Waals surface area contributed by atoms with Gasteiger partial charge in [0.05, 0.1) is 5.75 Å². The van der Waals surface area contributed by atoms with Crippen LogP contribution in [0, 0.1) is 19.8 Å². The Balaban J connectivity index is 2.90. The van der Waals surface area contributed by atoms with Gasteiger partial charge in [-0.05, 0) is 36.5 Å². The van der Waals surface area contributed by atoms with E-state index in [1.807, 2.05) is 32.9 Å². The van der Waals surface area contributed by atoms with Crippen LogP contribution in [0.25, 0.3) is 0 Å². The minimum absolute atomic E-state index is 0.214. The van der Waals surface area contributed by atoms with Crippen LogP contribution in [0.15, 0.2) is 18.2 Å². The second-order valence-electron chi connectivity index (χ2n) is 5.50. The Morgan fingerprint density at radius 2 is 1.90 bits per heavy atom. The SMILES string of the molecule is CC[C@H](C)[C@H](NS(=O)(=O)Cc1ccc(C)c(C)c1)C(=O)O. The summed E-state index contributed by atoms with van der Waals surface area (Å²) in [6.07, 6.45) is 0.586. The Morgan fingerprint density at radius 3 is 2.38 bits per heavy atom. The Kier molecular flexibility index (Phi) is 5.92. The van der Waals surface area contributed by atoms with Crippen LogP contribution in [0.5, 0.6) is 0 Å². The highest BCUT2D eigenvalue weighted by molar-refractivity contribution is 7.88. The summed E-state index contributed by atoms with van der Waals surface area (Å²) >= 11 is 0. The molecule has 0 amide bonds. The molecule has 0 aromatic heterocycles. The largest absolute Gasteiger partial charge is 0.480 e. The molecule has 1 aromatic carbocycles. The summed E-state index contributed by atoms with van der Waals surface area (Å²) in [5, 5.41) is 9.16. The van der Waals surface area contributed by atoms with Crippen LogP contribution in [0.2, 0.25) is 0 Å². The van der Waals surface area contributed by atoms with Gasteiger partial charge in [0.2, 0.25) is 10.0 Å². The Bertz CT molecular complexity index is 610. The first-order valence-corrected chi connectivity index (χ1v) is 8.60. The molecule has 0 heterocycles. The third-order valence-corrected chi connectivity index (χ3v) is 5.04. The lowest BCUT2D eigenvalue weighted by atomic mass is 10.0. The van der Waals surface area contributed by atoms with Crippen LogP contribution in [-0.4, -0.2) is 25.5 Å². The van der Waals surface area contributed by atoms with Gasteiger partial charge in [0, 0.05) is 0 Å². The summed E-state index contributed by atoms with van der Waals surface area (Å²) in [7, 11) is -3.69. The van der Waals surface area contributed by atoms with Crippen molar-refractivity contribution in [1.29, 1.82) is 0 Å². The maximum absolute atomic E-state index is 12.2. The predicted octanol–water partition coefficient (Wildman–Crippen LogP) is 2.22. The second kappa shape index (κ2) is 7.04. The van der Waals surface area contributed by atoms with E-state index in [1.165, 1.54) is 0 Å². The minimum atomic E-state index is -3.69. The fourth-order valence-electron chi connectivity index (χ4n) is 1.99. The number of carboxylic acid groups (broad SMARTS) is 1. The van der Waals surface area contributed by atoms with Crippen LogP contribution >= 0.6 is 0 Å². The molecular weight excluding hydrogens is 290 g/mol. The smallest absolute Gasteiger partial charge is 0.322 e. The Morgan fingerprint density at radius 1 is 1.29 bits per heavy atom. The number of hydrogen-bond acceptors (Lipinski definition) is 3. The van der Waals surface area contributed by atoms with E-state index in [-0.39, 0.29) is 11.7 Å². The number of carbonyl (C=O) groups is 1. The van der Waals surface area contributed by atoms with Crippen LogP contribution in [0.1, 0.15) is 37.0 Å². The van der Waals surface area contributed by atoms with E-state index < -0.39 is 22.0 Å². The van der Waals surface area contributed by atoms with Crippen LogP contribution < -0.4 is 4.72 Å². The third-order valence-electron chi connectivity index (χ3n) is 3.71. The number of benzene rings is 1. The van der Waals surface area contributed by atoms with Gasteiger partial charge in [-0.15, -0.1) is 0 Å². The number of nitrogens with one attached hydrogen (secondary N) is 1. The van der Waals surface area contributed by atoms with Crippen molar-refractivity contribution in [3.8, 4) is 0 Å². The summed E-state index contributed by atoms with van der Waals surface area (Å²) in [6.45, 7) is 7.42. The molecular formula is C15H23NO4S. The maximum Gasteiger partial charge on any atom is 0.322 e. The highest BCUT2D eigenvalue weighted by atomic mass is 32.2. The Labute approximate surface area is 126 Å². The normalized spacial score (nSPS) is 14.7. The first-order chi connectivity index (χ1) is 9.66. The monoisotopic (exact) mass is 313 g/mol. The molecule has 0 unspecified atom stereocenters. The molecule has 2 atom stereocenters. The lowest BCUT2D eigenvalue weighted by Gasteiger charge is -2.20. The maximum atomic E-state index is 12.2. The molecule has 0 aliphatic carbocycles. The van der Waals surface area contributed by atoms with Gasteiger partial charge in [-0.3, -0.25) is 4.79 Å². The number of aryl methyl sites for hydroxylation is 2.